The molecule has 0 saturated carbocycles. The van der Waals surface area contributed by atoms with Gasteiger partial charge in [0, 0.05) is 22.3 Å². The summed E-state index contributed by atoms with van der Waals surface area (Å²) in [5.74, 6) is 3.11. The maximum absolute atomic E-state index is 10.3. The van der Waals surface area contributed by atoms with Crippen molar-refractivity contribution in [3.05, 3.63) is 132 Å². The van der Waals surface area contributed by atoms with E-state index in [1.54, 1.807) is 37.7 Å². The average molecular weight is 691 g/mol. The van der Waals surface area contributed by atoms with Gasteiger partial charge in [-0.1, -0.05) is 84.9 Å². The third-order valence-electron chi connectivity index (χ3n) is 8.15. The lowest BCUT2D eigenvalue weighted by atomic mass is 9.99. The lowest BCUT2D eigenvalue weighted by Crippen LogP contribution is -1.98. The smallest absolute Gasteiger partial charge is 0.118 e. The average Bonchev–Trinajstić information content (AvgIpc) is 3.19. The van der Waals surface area contributed by atoms with Gasteiger partial charge < -0.3 is 9.47 Å². The summed E-state index contributed by atoms with van der Waals surface area (Å²) >= 11 is 3.22. The van der Waals surface area contributed by atoms with Crippen LogP contribution in [0.1, 0.15) is 24.0 Å². The van der Waals surface area contributed by atoms with Gasteiger partial charge in [-0.15, -0.1) is 23.5 Å². The number of methoxy groups -OCH3 is 2. The number of pyridine rings is 2. The van der Waals surface area contributed by atoms with Crippen LogP contribution in [0.5, 0.6) is 11.5 Å². The molecule has 6 aromatic rings. The van der Waals surface area contributed by atoms with Gasteiger partial charge in [-0.3, -0.25) is 0 Å². The first kappa shape index (κ1) is 34.3. The second-order valence-corrected chi connectivity index (χ2v) is 13.5. The Hall–Kier alpha value is -5.54. The van der Waals surface area contributed by atoms with E-state index >= 15 is 0 Å². The summed E-state index contributed by atoms with van der Waals surface area (Å²) in [7, 11) is 3.28. The predicted molar refractivity (Wildman–Crippen MR) is 203 cm³/mol. The molecule has 0 N–H and O–H groups in total. The molecule has 6 rings (SSSR count). The molecule has 0 amide bonds. The Labute approximate surface area is 301 Å². The number of nitriles is 2. The minimum atomic E-state index is 0.570. The highest BCUT2D eigenvalue weighted by atomic mass is 32.2. The third kappa shape index (κ3) is 8.01. The van der Waals surface area contributed by atoms with Crippen molar-refractivity contribution >= 4 is 23.5 Å². The van der Waals surface area contributed by atoms with Gasteiger partial charge >= 0.3 is 0 Å². The fourth-order valence-electron chi connectivity index (χ4n) is 5.52. The molecule has 8 heteroatoms. The number of unbranched alkanes of at least 4 members (excludes halogenated alkanes) is 1. The van der Waals surface area contributed by atoms with Crippen LogP contribution >= 0.6 is 23.5 Å². The number of ether oxygens (including phenoxy) is 2. The summed E-state index contributed by atoms with van der Waals surface area (Å²) in [5.41, 5.74) is 8.37. The van der Waals surface area contributed by atoms with Crippen LogP contribution in [0.25, 0.3) is 44.8 Å². The first-order valence-corrected chi connectivity index (χ1v) is 18.1. The number of rotatable bonds is 13. The summed E-state index contributed by atoms with van der Waals surface area (Å²) < 4.78 is 10.7. The lowest BCUT2D eigenvalue weighted by Gasteiger charge is -2.14. The minimum Gasteiger partial charge on any atom is -0.497 e. The van der Waals surface area contributed by atoms with Crippen LogP contribution in [0.15, 0.2) is 131 Å². The largest absolute Gasteiger partial charge is 0.497 e. The highest BCUT2D eigenvalue weighted by Crippen LogP contribution is 2.37. The number of benzene rings is 4. The van der Waals surface area contributed by atoms with Crippen LogP contribution in [0.4, 0.5) is 0 Å². The Bertz CT molecular complexity index is 1990. The summed E-state index contributed by atoms with van der Waals surface area (Å²) in [6.07, 6.45) is 1.81. The number of thioether (sulfide) groups is 2. The van der Waals surface area contributed by atoms with Gasteiger partial charge in [0.05, 0.1) is 36.7 Å². The number of nitrogens with zero attached hydrogens (tertiary/aromatic N) is 4. The monoisotopic (exact) mass is 690 g/mol. The highest BCUT2D eigenvalue weighted by Gasteiger charge is 2.18. The van der Waals surface area contributed by atoms with Gasteiger partial charge in [-0.2, -0.15) is 10.5 Å². The molecule has 0 bridgehead atoms. The van der Waals surface area contributed by atoms with Gasteiger partial charge in [0.2, 0.25) is 0 Å². The summed E-state index contributed by atoms with van der Waals surface area (Å²) in [5, 5.41) is 22.1. The molecule has 0 unspecified atom stereocenters. The van der Waals surface area contributed by atoms with Crippen LogP contribution in [0.2, 0.25) is 0 Å². The van der Waals surface area contributed by atoms with E-state index in [9.17, 15) is 10.5 Å². The maximum atomic E-state index is 10.3. The predicted octanol–water partition coefficient (Wildman–Crippen LogP) is 10.6. The zero-order valence-electron chi connectivity index (χ0n) is 27.8. The molecule has 0 saturated heterocycles. The standard InChI is InChI=1S/C42H34N4O2S2/c1-47-33-19-15-29(16-20-33)35-25-39(31-11-5-3-6-12-31)45-41(37(35)27-43)49-23-9-10-24-50-42-38(28-44)36(30-17-21-34(48-2)22-18-30)26-40(46-42)32-13-7-4-8-14-32/h3-8,11-22,25-26H,9-10,23-24H2,1-2H3. The van der Waals surface area contributed by atoms with E-state index in [-0.39, 0.29) is 0 Å². The first-order valence-electron chi connectivity index (χ1n) is 16.2. The number of hydrogen-bond acceptors (Lipinski definition) is 8. The van der Waals surface area contributed by atoms with Crippen molar-refractivity contribution in [1.82, 2.24) is 9.97 Å². The van der Waals surface area contributed by atoms with Crippen molar-refractivity contribution in [3.63, 3.8) is 0 Å². The van der Waals surface area contributed by atoms with Crippen LogP contribution in [-0.2, 0) is 0 Å². The van der Waals surface area contributed by atoms with E-state index in [0.29, 0.717) is 11.1 Å². The Balaban J connectivity index is 1.20. The lowest BCUT2D eigenvalue weighted by molar-refractivity contribution is 0.415. The molecule has 2 aromatic heterocycles. The molecule has 0 aliphatic rings. The Morgan fingerprint density at radius 3 is 1.24 bits per heavy atom. The summed E-state index contributed by atoms with van der Waals surface area (Å²) in [4.78, 5) is 9.93. The quantitative estimate of drug-likeness (QED) is 0.0873. The zero-order valence-corrected chi connectivity index (χ0v) is 29.4. The summed E-state index contributed by atoms with van der Waals surface area (Å²) in [6, 6.07) is 44.5. The van der Waals surface area contributed by atoms with E-state index in [2.05, 4.69) is 12.1 Å². The first-order chi connectivity index (χ1) is 24.6. The van der Waals surface area contributed by atoms with E-state index in [1.165, 1.54) is 0 Å². The van der Waals surface area contributed by atoms with Gasteiger partial charge in [0.15, 0.2) is 0 Å². The van der Waals surface area contributed by atoms with Crippen LogP contribution < -0.4 is 9.47 Å². The molecule has 0 radical (unpaired) electrons. The number of hydrogen-bond donors (Lipinski definition) is 0. The van der Waals surface area contributed by atoms with Crippen LogP contribution in [0, 0.1) is 22.7 Å². The van der Waals surface area contributed by atoms with Crippen molar-refractivity contribution in [3.8, 4) is 68.4 Å². The molecule has 0 atom stereocenters. The molecule has 50 heavy (non-hydrogen) atoms. The topological polar surface area (TPSA) is 91.8 Å². The van der Waals surface area contributed by atoms with Crippen molar-refractivity contribution in [2.24, 2.45) is 0 Å². The molecule has 2 heterocycles. The second kappa shape index (κ2) is 16.7. The minimum absolute atomic E-state index is 0.570. The molecule has 246 valence electrons. The van der Waals surface area contributed by atoms with Crippen molar-refractivity contribution in [2.45, 2.75) is 22.9 Å². The summed E-state index contributed by atoms with van der Waals surface area (Å²) in [6.45, 7) is 0. The van der Waals surface area contributed by atoms with Gasteiger partial charge in [0.25, 0.3) is 0 Å². The van der Waals surface area contributed by atoms with E-state index < -0.39 is 0 Å². The Morgan fingerprint density at radius 1 is 0.520 bits per heavy atom. The fourth-order valence-corrected chi connectivity index (χ4v) is 7.53. The van der Waals surface area contributed by atoms with Gasteiger partial charge in [-0.05, 0) is 71.9 Å². The molecule has 0 fully saturated rings. The molecular formula is C42H34N4O2S2. The zero-order chi connectivity index (χ0) is 34.7. The van der Waals surface area contributed by atoms with E-state index in [1.807, 2.05) is 121 Å². The van der Waals surface area contributed by atoms with Gasteiger partial charge in [-0.25, -0.2) is 9.97 Å². The number of aromatic nitrogens is 2. The fraction of sp³-hybridized carbons (Fsp3) is 0.143. The van der Waals surface area contributed by atoms with Crippen LogP contribution in [-0.4, -0.2) is 35.7 Å². The normalized spacial score (nSPS) is 10.6. The van der Waals surface area contributed by atoms with Crippen molar-refractivity contribution in [1.29, 1.82) is 10.5 Å². The molecule has 0 spiro atoms. The van der Waals surface area contributed by atoms with E-state index in [0.717, 1.165) is 90.7 Å². The van der Waals surface area contributed by atoms with Crippen LogP contribution in [0.3, 0.4) is 0 Å². The second-order valence-electron chi connectivity index (χ2n) is 11.3. The third-order valence-corrected chi connectivity index (χ3v) is 10.3. The molecule has 0 aliphatic carbocycles. The maximum Gasteiger partial charge on any atom is 0.118 e. The van der Waals surface area contributed by atoms with Crippen molar-refractivity contribution in [2.75, 3.05) is 25.7 Å². The van der Waals surface area contributed by atoms with Gasteiger partial charge in [0.1, 0.15) is 33.7 Å². The SMILES string of the molecule is COc1ccc(-c2cc(-c3ccccc3)nc(SCCCCSc3nc(-c4ccccc4)cc(-c4ccc(OC)cc4)c3C#N)c2C#N)cc1. The Kier molecular flexibility index (Phi) is 11.5. The molecular weight excluding hydrogens is 657 g/mol. The molecule has 6 nitrogen and oxygen atoms in total. The Morgan fingerprint density at radius 2 is 0.900 bits per heavy atom. The van der Waals surface area contributed by atoms with Crippen molar-refractivity contribution < 1.29 is 9.47 Å². The highest BCUT2D eigenvalue weighted by molar-refractivity contribution is 7.99. The molecule has 4 aromatic carbocycles. The van der Waals surface area contributed by atoms with E-state index in [4.69, 9.17) is 19.4 Å². The molecule has 0 aliphatic heterocycles.